The molecule has 2 aromatic heterocycles. The van der Waals surface area contributed by atoms with Crippen molar-refractivity contribution in [2.45, 2.75) is 148 Å². The van der Waals surface area contributed by atoms with E-state index < -0.39 is 17.9 Å². The summed E-state index contributed by atoms with van der Waals surface area (Å²) in [6.07, 6.45) is 18.7. The van der Waals surface area contributed by atoms with Crippen LogP contribution in [0.3, 0.4) is 0 Å². The molecular formula is C34H51N5O6. The molecule has 0 aliphatic carbocycles. The second-order valence-corrected chi connectivity index (χ2v) is 11.9. The second kappa shape index (κ2) is 18.4. The van der Waals surface area contributed by atoms with Gasteiger partial charge in [-0.25, -0.2) is 15.0 Å². The van der Waals surface area contributed by atoms with Crippen LogP contribution in [0.1, 0.15) is 136 Å². The van der Waals surface area contributed by atoms with Crippen LogP contribution in [-0.2, 0) is 28.6 Å². The van der Waals surface area contributed by atoms with Crippen molar-refractivity contribution in [2.75, 3.05) is 11.9 Å². The molecule has 0 unspecified atom stereocenters. The third-order valence-corrected chi connectivity index (χ3v) is 8.08. The van der Waals surface area contributed by atoms with Crippen molar-refractivity contribution in [2.24, 2.45) is 0 Å². The Hall–Kier alpha value is -3.52. The van der Waals surface area contributed by atoms with Gasteiger partial charge in [0.05, 0.1) is 6.33 Å². The number of imidazole rings is 1. The average Bonchev–Trinajstić information content (AvgIpc) is 3.60. The standard InChI is InChI=1S/C34H51N5O6/c1-6-10-13-16-19-27(40)38-32-31-33(37-25(5)36-32)39(24-35-31)28-22-26(44-30(42)21-18-15-12-8-3)34(9-4,45-28)23-43-29(41)20-17-14-11-7-2/h4,24,26,28H,6-8,10-23H2,1-3,5H3,(H,36,37,38,40)/t26-,28+,34+/m0/s1. The lowest BCUT2D eigenvalue weighted by Gasteiger charge is -2.28. The van der Waals surface area contributed by atoms with Crippen molar-refractivity contribution >= 4 is 34.8 Å². The molecule has 0 radical (unpaired) electrons. The third-order valence-electron chi connectivity index (χ3n) is 8.08. The number of terminal acetylenes is 1. The molecule has 0 saturated carbocycles. The lowest BCUT2D eigenvalue weighted by Crippen LogP contribution is -2.45. The second-order valence-electron chi connectivity index (χ2n) is 11.9. The number of nitrogens with zero attached hydrogens (tertiary/aromatic N) is 4. The lowest BCUT2D eigenvalue weighted by atomic mass is 9.98. The summed E-state index contributed by atoms with van der Waals surface area (Å²) in [5.41, 5.74) is -0.636. The van der Waals surface area contributed by atoms with E-state index in [4.69, 9.17) is 20.6 Å². The molecule has 1 amide bonds. The number of ether oxygens (including phenoxy) is 3. The van der Waals surface area contributed by atoms with Crippen molar-refractivity contribution in [1.82, 2.24) is 19.5 Å². The average molecular weight is 626 g/mol. The first kappa shape index (κ1) is 36.0. The van der Waals surface area contributed by atoms with Crippen molar-refractivity contribution in [3.63, 3.8) is 0 Å². The number of anilines is 1. The molecule has 248 valence electrons. The molecule has 11 nitrogen and oxygen atoms in total. The van der Waals surface area contributed by atoms with Gasteiger partial charge in [-0.15, -0.1) is 6.42 Å². The zero-order valence-electron chi connectivity index (χ0n) is 27.6. The number of aromatic nitrogens is 4. The van der Waals surface area contributed by atoms with E-state index in [0.717, 1.165) is 77.0 Å². The van der Waals surface area contributed by atoms with Gasteiger partial charge in [-0.2, -0.15) is 0 Å². The van der Waals surface area contributed by atoms with E-state index in [1.54, 1.807) is 17.8 Å². The number of rotatable bonds is 20. The summed E-state index contributed by atoms with van der Waals surface area (Å²) in [5, 5.41) is 2.89. The highest BCUT2D eigenvalue weighted by Crippen LogP contribution is 2.40. The number of aryl methyl sites for hydroxylation is 1. The Morgan fingerprint density at radius 1 is 0.956 bits per heavy atom. The van der Waals surface area contributed by atoms with Gasteiger partial charge in [0.1, 0.15) is 24.8 Å². The highest BCUT2D eigenvalue weighted by molar-refractivity contribution is 5.96. The minimum absolute atomic E-state index is 0.133. The van der Waals surface area contributed by atoms with E-state index in [0.29, 0.717) is 29.2 Å². The first-order valence-corrected chi connectivity index (χ1v) is 16.8. The molecule has 1 N–H and O–H groups in total. The van der Waals surface area contributed by atoms with Crippen LogP contribution in [0.25, 0.3) is 11.2 Å². The van der Waals surface area contributed by atoms with Gasteiger partial charge in [0.15, 0.2) is 17.0 Å². The third kappa shape index (κ3) is 10.5. The Bertz CT molecular complexity index is 1300. The van der Waals surface area contributed by atoms with Gasteiger partial charge in [0.2, 0.25) is 11.5 Å². The summed E-state index contributed by atoms with van der Waals surface area (Å²) in [6.45, 7) is 7.83. The number of amides is 1. The number of hydrogen-bond acceptors (Lipinski definition) is 9. The molecule has 3 heterocycles. The number of carbonyl (C=O) groups is 3. The van der Waals surface area contributed by atoms with E-state index in [2.05, 4.69) is 47.0 Å². The molecule has 3 atom stereocenters. The van der Waals surface area contributed by atoms with Crippen LogP contribution in [0.4, 0.5) is 5.82 Å². The number of carbonyl (C=O) groups excluding carboxylic acids is 3. The Morgan fingerprint density at radius 3 is 2.20 bits per heavy atom. The Labute approximate surface area is 267 Å². The van der Waals surface area contributed by atoms with Crippen molar-refractivity contribution in [3.05, 3.63) is 12.2 Å². The fraction of sp³-hybridized carbons (Fsp3) is 0.706. The maximum Gasteiger partial charge on any atom is 0.306 e. The van der Waals surface area contributed by atoms with E-state index >= 15 is 0 Å². The minimum atomic E-state index is -1.49. The summed E-state index contributed by atoms with van der Waals surface area (Å²) in [7, 11) is 0. The fourth-order valence-electron chi connectivity index (χ4n) is 5.45. The lowest BCUT2D eigenvalue weighted by molar-refractivity contribution is -0.167. The largest absolute Gasteiger partial charge is 0.461 e. The predicted octanol–water partition coefficient (Wildman–Crippen LogP) is 6.73. The van der Waals surface area contributed by atoms with Gasteiger partial charge in [0.25, 0.3) is 0 Å². The Balaban J connectivity index is 1.81. The number of hydrogen-bond donors (Lipinski definition) is 1. The van der Waals surface area contributed by atoms with Gasteiger partial charge in [-0.3, -0.25) is 19.0 Å². The van der Waals surface area contributed by atoms with Crippen LogP contribution in [0.15, 0.2) is 6.33 Å². The molecule has 0 aromatic carbocycles. The SMILES string of the molecule is C#C[C@]1(COC(=O)CCCCCC)O[C@@H](n2cnc3c(NC(=O)CCCCCC)nc(C)nc32)C[C@@H]1OC(=O)CCCCCC. The molecule has 1 saturated heterocycles. The van der Waals surface area contributed by atoms with Gasteiger partial charge < -0.3 is 19.5 Å². The smallest absolute Gasteiger partial charge is 0.306 e. The molecule has 0 bridgehead atoms. The zero-order chi connectivity index (χ0) is 32.7. The quantitative estimate of drug-likeness (QED) is 0.0965. The predicted molar refractivity (Wildman–Crippen MR) is 172 cm³/mol. The minimum Gasteiger partial charge on any atom is -0.461 e. The molecule has 1 aliphatic heterocycles. The molecular weight excluding hydrogens is 574 g/mol. The Kier molecular flexibility index (Phi) is 14.7. The van der Waals surface area contributed by atoms with E-state index in [1.165, 1.54) is 0 Å². The molecule has 45 heavy (non-hydrogen) atoms. The highest BCUT2D eigenvalue weighted by Gasteiger charge is 2.52. The van der Waals surface area contributed by atoms with Crippen molar-refractivity contribution in [3.8, 4) is 12.3 Å². The van der Waals surface area contributed by atoms with Crippen LogP contribution in [0, 0.1) is 19.3 Å². The van der Waals surface area contributed by atoms with Crippen LogP contribution < -0.4 is 5.32 Å². The molecule has 3 rings (SSSR count). The molecule has 1 aliphatic rings. The van der Waals surface area contributed by atoms with Crippen LogP contribution in [0.2, 0.25) is 0 Å². The maximum absolute atomic E-state index is 12.9. The first-order chi connectivity index (χ1) is 21.8. The van der Waals surface area contributed by atoms with Crippen LogP contribution in [0.5, 0.6) is 0 Å². The summed E-state index contributed by atoms with van der Waals surface area (Å²) in [4.78, 5) is 51.6. The zero-order valence-corrected chi connectivity index (χ0v) is 27.6. The van der Waals surface area contributed by atoms with Gasteiger partial charge in [-0.05, 0) is 26.2 Å². The summed E-state index contributed by atoms with van der Waals surface area (Å²) in [5.74, 6) is 2.55. The summed E-state index contributed by atoms with van der Waals surface area (Å²) < 4.78 is 19.7. The normalized spacial score (nSPS) is 19.4. The highest BCUT2D eigenvalue weighted by atomic mass is 16.6. The van der Waals surface area contributed by atoms with Crippen LogP contribution >= 0.6 is 0 Å². The van der Waals surface area contributed by atoms with Gasteiger partial charge in [0, 0.05) is 25.7 Å². The summed E-state index contributed by atoms with van der Waals surface area (Å²) in [6, 6.07) is 0. The van der Waals surface area contributed by atoms with Gasteiger partial charge in [-0.1, -0.05) is 84.5 Å². The van der Waals surface area contributed by atoms with Crippen molar-refractivity contribution < 1.29 is 28.6 Å². The molecule has 11 heteroatoms. The Morgan fingerprint density at radius 2 is 1.58 bits per heavy atom. The fourth-order valence-corrected chi connectivity index (χ4v) is 5.45. The number of esters is 2. The number of fused-ring (bicyclic) bond motifs is 1. The number of nitrogens with one attached hydrogen (secondary N) is 1. The maximum atomic E-state index is 12.9. The van der Waals surface area contributed by atoms with Crippen molar-refractivity contribution in [1.29, 1.82) is 0 Å². The van der Waals surface area contributed by atoms with Crippen LogP contribution in [-0.4, -0.2) is 55.7 Å². The van der Waals surface area contributed by atoms with E-state index in [-0.39, 0.29) is 43.7 Å². The van der Waals surface area contributed by atoms with E-state index in [9.17, 15) is 14.4 Å². The monoisotopic (exact) mass is 625 g/mol. The number of unbranched alkanes of at least 4 members (excludes halogenated alkanes) is 9. The van der Waals surface area contributed by atoms with Gasteiger partial charge >= 0.3 is 11.9 Å². The summed E-state index contributed by atoms with van der Waals surface area (Å²) >= 11 is 0. The first-order valence-electron chi connectivity index (χ1n) is 16.8. The molecule has 2 aromatic rings. The topological polar surface area (TPSA) is 135 Å². The van der Waals surface area contributed by atoms with E-state index in [1.807, 2.05) is 0 Å². The molecule has 0 spiro atoms. The molecule has 1 fully saturated rings.